The molecule has 4 unspecified atom stereocenters. The van der Waals surface area contributed by atoms with Gasteiger partial charge in [0.2, 0.25) is 0 Å². The second kappa shape index (κ2) is 4.77. The van der Waals surface area contributed by atoms with Crippen LogP contribution >= 0.6 is 0 Å². The summed E-state index contributed by atoms with van der Waals surface area (Å²) in [4.78, 5) is 2.58. The molecule has 0 aromatic rings. The van der Waals surface area contributed by atoms with Gasteiger partial charge in [-0.2, -0.15) is 0 Å². The van der Waals surface area contributed by atoms with Crippen molar-refractivity contribution in [3.8, 4) is 0 Å². The van der Waals surface area contributed by atoms with Gasteiger partial charge in [0.25, 0.3) is 0 Å². The van der Waals surface area contributed by atoms with Crippen LogP contribution in [0.5, 0.6) is 0 Å². The van der Waals surface area contributed by atoms with Crippen molar-refractivity contribution < 1.29 is 0 Å². The molecule has 0 N–H and O–H groups in total. The summed E-state index contributed by atoms with van der Waals surface area (Å²) in [5.74, 6) is 1.57. The van der Waals surface area contributed by atoms with Crippen LogP contribution in [0.25, 0.3) is 0 Å². The molecule has 1 fully saturated rings. The molecule has 0 amide bonds. The van der Waals surface area contributed by atoms with E-state index in [1.165, 1.54) is 16.8 Å². The van der Waals surface area contributed by atoms with Gasteiger partial charge in [0.15, 0.2) is 0 Å². The summed E-state index contributed by atoms with van der Waals surface area (Å²) in [6, 6.07) is 0.401. The number of hydrogen-bond donors (Lipinski definition) is 0. The van der Waals surface area contributed by atoms with Crippen LogP contribution in [0, 0.1) is 17.8 Å². The van der Waals surface area contributed by atoms with Crippen LogP contribution in [0.2, 0.25) is 0 Å². The predicted molar refractivity (Wildman–Crippen MR) is 88.5 cm³/mol. The number of rotatable bonds is 1. The quantitative estimate of drug-likeness (QED) is 0.649. The van der Waals surface area contributed by atoms with Gasteiger partial charge in [-0.05, 0) is 30.1 Å². The Bertz CT molecular complexity index is 653. The zero-order chi connectivity index (χ0) is 14.4. The van der Waals surface area contributed by atoms with E-state index in [2.05, 4.69) is 79.2 Å². The molecule has 1 heteroatoms. The van der Waals surface area contributed by atoms with Gasteiger partial charge in [-0.15, -0.1) is 6.58 Å². The van der Waals surface area contributed by atoms with Crippen molar-refractivity contribution in [3.63, 3.8) is 0 Å². The van der Waals surface area contributed by atoms with Crippen molar-refractivity contribution in [2.45, 2.75) is 13.0 Å². The lowest BCUT2D eigenvalue weighted by atomic mass is 9.71. The van der Waals surface area contributed by atoms with Gasteiger partial charge < -0.3 is 4.90 Å². The van der Waals surface area contributed by atoms with Gasteiger partial charge >= 0.3 is 0 Å². The van der Waals surface area contributed by atoms with Crippen LogP contribution in [-0.2, 0) is 0 Å². The highest BCUT2D eigenvalue weighted by Crippen LogP contribution is 2.44. The maximum Gasteiger partial charge on any atom is 0.0729 e. The standard InChI is InChI=1S/C20H21N/c1-3-15-13-21-19-10-6-7-14(2)16(19)11-12-20(21)18-9-5-4-8-17(15)18/h3-12,15,17-19H,1,13H2,2H3. The maximum absolute atomic E-state index is 4.08. The first-order chi connectivity index (χ1) is 10.3. The SMILES string of the molecule is C=CC1CN2C(=CC=C3C(C)=CC=CC32)C2C=CC=CC12. The lowest BCUT2D eigenvalue weighted by Gasteiger charge is -2.50. The molecule has 4 atom stereocenters. The first-order valence-electron chi connectivity index (χ1n) is 7.81. The Morgan fingerprint density at radius 1 is 1.10 bits per heavy atom. The van der Waals surface area contributed by atoms with Crippen LogP contribution in [0.4, 0.5) is 0 Å². The van der Waals surface area contributed by atoms with Crippen molar-refractivity contribution in [3.05, 3.63) is 84.2 Å². The second-order valence-corrected chi connectivity index (χ2v) is 6.32. The summed E-state index contributed by atoms with van der Waals surface area (Å²) in [6.07, 6.45) is 22.6. The number of hydrogen-bond acceptors (Lipinski definition) is 1. The van der Waals surface area contributed by atoms with Gasteiger partial charge in [-0.3, -0.25) is 0 Å². The average molecular weight is 275 g/mol. The summed E-state index contributed by atoms with van der Waals surface area (Å²) < 4.78 is 0. The summed E-state index contributed by atoms with van der Waals surface area (Å²) in [7, 11) is 0. The van der Waals surface area contributed by atoms with Gasteiger partial charge in [-0.25, -0.2) is 0 Å². The monoisotopic (exact) mass is 275 g/mol. The van der Waals surface area contributed by atoms with E-state index in [1.807, 2.05) is 0 Å². The predicted octanol–water partition coefficient (Wildman–Crippen LogP) is 4.17. The molecule has 1 saturated heterocycles. The van der Waals surface area contributed by atoms with Crippen LogP contribution in [0.1, 0.15) is 6.92 Å². The Morgan fingerprint density at radius 2 is 1.95 bits per heavy atom. The second-order valence-electron chi connectivity index (χ2n) is 6.32. The first-order valence-corrected chi connectivity index (χ1v) is 7.81. The summed E-state index contributed by atoms with van der Waals surface area (Å²) in [5.41, 5.74) is 4.29. The van der Waals surface area contributed by atoms with Crippen LogP contribution in [0.3, 0.4) is 0 Å². The molecule has 21 heavy (non-hydrogen) atoms. The molecule has 0 bridgehead atoms. The topological polar surface area (TPSA) is 3.24 Å². The lowest BCUT2D eigenvalue weighted by Crippen LogP contribution is -2.49. The van der Waals surface area contributed by atoms with E-state index in [9.17, 15) is 0 Å². The molecule has 0 aromatic heterocycles. The molecule has 106 valence electrons. The van der Waals surface area contributed by atoms with Gasteiger partial charge in [-0.1, -0.05) is 54.7 Å². The van der Waals surface area contributed by atoms with Crippen LogP contribution in [-0.4, -0.2) is 17.5 Å². The van der Waals surface area contributed by atoms with Gasteiger partial charge in [0, 0.05) is 24.1 Å². The van der Waals surface area contributed by atoms with E-state index in [4.69, 9.17) is 0 Å². The fraction of sp³-hybridized carbons (Fsp3) is 0.300. The molecule has 4 aliphatic rings. The molecule has 2 aliphatic heterocycles. The minimum absolute atomic E-state index is 0.401. The molecular formula is C20H21N. The molecule has 0 spiro atoms. The number of nitrogens with zero attached hydrogens (tertiary/aromatic N) is 1. The van der Waals surface area contributed by atoms with E-state index < -0.39 is 0 Å². The van der Waals surface area contributed by atoms with Crippen molar-refractivity contribution in [1.29, 1.82) is 0 Å². The maximum atomic E-state index is 4.08. The van der Waals surface area contributed by atoms with E-state index in [0.717, 1.165) is 6.54 Å². The third kappa shape index (κ3) is 1.84. The summed E-state index contributed by atoms with van der Waals surface area (Å²) in [6.45, 7) is 7.36. The molecular weight excluding hydrogens is 254 g/mol. The van der Waals surface area contributed by atoms with E-state index in [-0.39, 0.29) is 0 Å². The third-order valence-electron chi connectivity index (χ3n) is 5.24. The van der Waals surface area contributed by atoms with Crippen molar-refractivity contribution in [1.82, 2.24) is 4.90 Å². The normalized spacial score (nSPS) is 36.0. The van der Waals surface area contributed by atoms with Crippen LogP contribution in [0.15, 0.2) is 84.2 Å². The van der Waals surface area contributed by atoms with E-state index in [0.29, 0.717) is 23.8 Å². The highest BCUT2D eigenvalue weighted by atomic mass is 15.2. The first kappa shape index (κ1) is 12.7. The van der Waals surface area contributed by atoms with Crippen molar-refractivity contribution >= 4 is 0 Å². The Balaban J connectivity index is 1.79. The molecule has 0 aromatic carbocycles. The minimum Gasteiger partial charge on any atom is -0.363 e. The summed E-state index contributed by atoms with van der Waals surface area (Å²) in [5, 5.41) is 0. The highest BCUT2D eigenvalue weighted by molar-refractivity contribution is 5.50. The zero-order valence-electron chi connectivity index (χ0n) is 12.4. The molecule has 1 nitrogen and oxygen atoms in total. The largest absolute Gasteiger partial charge is 0.363 e. The smallest absolute Gasteiger partial charge is 0.0729 e. The van der Waals surface area contributed by atoms with Crippen molar-refractivity contribution in [2.24, 2.45) is 17.8 Å². The highest BCUT2D eigenvalue weighted by Gasteiger charge is 2.40. The Morgan fingerprint density at radius 3 is 2.81 bits per heavy atom. The minimum atomic E-state index is 0.401. The molecule has 2 heterocycles. The number of fused-ring (bicyclic) bond motifs is 5. The van der Waals surface area contributed by atoms with Crippen molar-refractivity contribution in [2.75, 3.05) is 6.54 Å². The number of piperidine rings is 1. The van der Waals surface area contributed by atoms with Crippen LogP contribution < -0.4 is 0 Å². The Labute approximate surface area is 127 Å². The fourth-order valence-electron chi connectivity index (χ4n) is 4.10. The lowest BCUT2D eigenvalue weighted by molar-refractivity contribution is 0.168. The molecule has 2 aliphatic carbocycles. The average Bonchev–Trinajstić information content (AvgIpc) is 2.54. The third-order valence-corrected chi connectivity index (χ3v) is 5.24. The number of allylic oxidation sites excluding steroid dienone is 8. The zero-order valence-corrected chi connectivity index (χ0v) is 12.4. The van der Waals surface area contributed by atoms with E-state index >= 15 is 0 Å². The Hall–Kier alpha value is -2.02. The molecule has 4 rings (SSSR count). The van der Waals surface area contributed by atoms with Gasteiger partial charge in [0.05, 0.1) is 6.04 Å². The molecule has 0 radical (unpaired) electrons. The fourth-order valence-corrected chi connectivity index (χ4v) is 4.10. The molecule has 0 saturated carbocycles. The van der Waals surface area contributed by atoms with E-state index in [1.54, 1.807) is 0 Å². The summed E-state index contributed by atoms with van der Waals surface area (Å²) >= 11 is 0. The Kier molecular flexibility index (Phi) is 2.88. The van der Waals surface area contributed by atoms with Gasteiger partial charge in [0.1, 0.15) is 0 Å².